The van der Waals surface area contributed by atoms with Gasteiger partial charge in [-0.3, -0.25) is 0 Å². The first kappa shape index (κ1) is 14.6. The van der Waals surface area contributed by atoms with E-state index >= 15 is 0 Å². The van der Waals surface area contributed by atoms with E-state index in [1.165, 1.54) is 25.3 Å². The van der Waals surface area contributed by atoms with Gasteiger partial charge in [-0.05, 0) is 23.3 Å². The number of benzene rings is 2. The van der Waals surface area contributed by atoms with Gasteiger partial charge in [-0.1, -0.05) is 42.5 Å². The molecule has 0 aromatic heterocycles. The molecule has 0 aliphatic rings. The summed E-state index contributed by atoms with van der Waals surface area (Å²) in [4.78, 5) is 9.85. The fraction of sp³-hybridized carbons (Fsp3) is 0.133. The summed E-state index contributed by atoms with van der Waals surface area (Å²) in [6, 6.07) is 18.2. The molecule has 0 saturated heterocycles. The maximum absolute atomic E-state index is 9.85. The van der Waals surface area contributed by atoms with Crippen molar-refractivity contribution in [1.29, 1.82) is 0 Å². The lowest BCUT2D eigenvalue weighted by molar-refractivity contribution is 0.173. The van der Waals surface area contributed by atoms with Gasteiger partial charge in [-0.15, -0.1) is 0 Å². The predicted octanol–water partition coefficient (Wildman–Crippen LogP) is 2.91. The van der Waals surface area contributed by atoms with Crippen LogP contribution >= 0.6 is 0 Å². The molecule has 4 nitrogen and oxygen atoms in total. The first-order valence-corrected chi connectivity index (χ1v) is 5.84. The third kappa shape index (κ3) is 5.12. The fourth-order valence-corrected chi connectivity index (χ4v) is 1.41. The normalized spacial score (nSPS) is 8.95. The Labute approximate surface area is 113 Å². The Morgan fingerprint density at radius 3 is 1.95 bits per heavy atom. The van der Waals surface area contributed by atoms with Gasteiger partial charge < -0.3 is 15.8 Å². The molecule has 0 bridgehead atoms. The standard InChI is InChI=1S/C12H11N.C3H7NO2/c13-12-8-6-11(7-9-12)10-4-2-1-3-5-10;1-4-3(5)6-2/h1-9H,13H2;1-2H3,(H,4,5). The van der Waals surface area contributed by atoms with E-state index in [1.54, 1.807) is 0 Å². The van der Waals surface area contributed by atoms with E-state index in [4.69, 9.17) is 5.73 Å². The molecule has 4 heteroatoms. The number of anilines is 1. The van der Waals surface area contributed by atoms with Gasteiger partial charge in [0.1, 0.15) is 0 Å². The average molecular weight is 258 g/mol. The summed E-state index contributed by atoms with van der Waals surface area (Å²) in [6.45, 7) is 0. The molecule has 0 unspecified atom stereocenters. The number of nitrogen functional groups attached to an aromatic ring is 1. The van der Waals surface area contributed by atoms with Crippen molar-refractivity contribution in [3.05, 3.63) is 54.6 Å². The number of rotatable bonds is 1. The number of nitrogens with two attached hydrogens (primary N) is 1. The van der Waals surface area contributed by atoms with Crippen molar-refractivity contribution in [2.75, 3.05) is 19.9 Å². The Morgan fingerprint density at radius 1 is 1.00 bits per heavy atom. The molecule has 3 N–H and O–H groups in total. The van der Waals surface area contributed by atoms with E-state index in [1.807, 2.05) is 42.5 Å². The van der Waals surface area contributed by atoms with E-state index < -0.39 is 6.09 Å². The van der Waals surface area contributed by atoms with Crippen LogP contribution in [0.3, 0.4) is 0 Å². The monoisotopic (exact) mass is 258 g/mol. The van der Waals surface area contributed by atoms with Crippen LogP contribution in [-0.4, -0.2) is 20.3 Å². The van der Waals surface area contributed by atoms with Crippen LogP contribution in [-0.2, 0) is 4.74 Å². The topological polar surface area (TPSA) is 64.3 Å². The molecule has 0 heterocycles. The third-order valence-electron chi connectivity index (χ3n) is 2.41. The van der Waals surface area contributed by atoms with Crippen LogP contribution in [0, 0.1) is 0 Å². The van der Waals surface area contributed by atoms with E-state index in [-0.39, 0.29) is 0 Å². The second-order valence-corrected chi connectivity index (χ2v) is 3.73. The van der Waals surface area contributed by atoms with Gasteiger partial charge >= 0.3 is 6.09 Å². The number of amides is 1. The molecular weight excluding hydrogens is 240 g/mol. The van der Waals surface area contributed by atoms with Gasteiger partial charge in [0.25, 0.3) is 0 Å². The number of hydrogen-bond donors (Lipinski definition) is 2. The SMILES string of the molecule is CNC(=O)OC.Nc1ccc(-c2ccccc2)cc1. The van der Waals surface area contributed by atoms with Crippen LogP contribution in [0.15, 0.2) is 54.6 Å². The van der Waals surface area contributed by atoms with Gasteiger partial charge in [0.15, 0.2) is 0 Å². The molecule has 0 spiro atoms. The molecule has 0 fully saturated rings. The highest BCUT2D eigenvalue weighted by molar-refractivity contribution is 5.66. The summed E-state index contributed by atoms with van der Waals surface area (Å²) in [5, 5.41) is 2.25. The Balaban J connectivity index is 0.000000258. The molecule has 1 amide bonds. The molecular formula is C15H18N2O2. The Morgan fingerprint density at radius 2 is 1.53 bits per heavy atom. The minimum atomic E-state index is -0.407. The van der Waals surface area contributed by atoms with Crippen molar-refractivity contribution < 1.29 is 9.53 Å². The van der Waals surface area contributed by atoms with Gasteiger partial charge in [0.2, 0.25) is 0 Å². The minimum Gasteiger partial charge on any atom is -0.453 e. The zero-order valence-electron chi connectivity index (χ0n) is 11.1. The number of alkyl carbamates (subject to hydrolysis) is 1. The van der Waals surface area contributed by atoms with Crippen molar-refractivity contribution in [1.82, 2.24) is 5.32 Å². The largest absolute Gasteiger partial charge is 0.453 e. The highest BCUT2D eigenvalue weighted by Crippen LogP contribution is 2.19. The Kier molecular flexibility index (Phi) is 5.95. The lowest BCUT2D eigenvalue weighted by atomic mass is 10.1. The minimum absolute atomic E-state index is 0.407. The Bertz CT molecular complexity index is 489. The highest BCUT2D eigenvalue weighted by Gasteiger charge is 1.94. The molecule has 0 aliphatic carbocycles. The van der Waals surface area contributed by atoms with Gasteiger partial charge in [0, 0.05) is 12.7 Å². The number of nitrogens with one attached hydrogen (secondary N) is 1. The zero-order chi connectivity index (χ0) is 14.1. The molecule has 0 saturated carbocycles. The second kappa shape index (κ2) is 7.76. The van der Waals surface area contributed by atoms with Crippen LogP contribution in [0.25, 0.3) is 11.1 Å². The van der Waals surface area contributed by atoms with Crippen molar-refractivity contribution in [2.45, 2.75) is 0 Å². The van der Waals surface area contributed by atoms with Crippen molar-refractivity contribution >= 4 is 11.8 Å². The summed E-state index contributed by atoms with van der Waals surface area (Å²) in [5.74, 6) is 0. The van der Waals surface area contributed by atoms with Crippen LogP contribution < -0.4 is 11.1 Å². The maximum atomic E-state index is 9.85. The van der Waals surface area contributed by atoms with E-state index in [0.29, 0.717) is 0 Å². The highest BCUT2D eigenvalue weighted by atomic mass is 16.5. The smallest absolute Gasteiger partial charge is 0.406 e. The lowest BCUT2D eigenvalue weighted by Gasteiger charge is -2.00. The molecule has 0 radical (unpaired) electrons. The van der Waals surface area contributed by atoms with Crippen LogP contribution in [0.4, 0.5) is 10.5 Å². The fourth-order valence-electron chi connectivity index (χ4n) is 1.41. The summed E-state index contributed by atoms with van der Waals surface area (Å²) in [5.41, 5.74) is 8.84. The summed E-state index contributed by atoms with van der Waals surface area (Å²) in [6.07, 6.45) is -0.407. The number of hydrogen-bond acceptors (Lipinski definition) is 3. The molecule has 100 valence electrons. The average Bonchev–Trinajstić information content (AvgIpc) is 2.48. The van der Waals surface area contributed by atoms with Gasteiger partial charge in [-0.25, -0.2) is 4.79 Å². The zero-order valence-corrected chi connectivity index (χ0v) is 11.1. The van der Waals surface area contributed by atoms with Gasteiger partial charge in [-0.2, -0.15) is 0 Å². The first-order chi connectivity index (χ1) is 9.17. The summed E-state index contributed by atoms with van der Waals surface area (Å²) in [7, 11) is 2.82. The number of carbonyl (C=O) groups is 1. The van der Waals surface area contributed by atoms with Crippen LogP contribution in [0.1, 0.15) is 0 Å². The molecule has 2 aromatic carbocycles. The van der Waals surface area contributed by atoms with E-state index in [9.17, 15) is 4.79 Å². The first-order valence-electron chi connectivity index (χ1n) is 5.84. The number of methoxy groups -OCH3 is 1. The molecule has 0 atom stereocenters. The molecule has 2 rings (SSSR count). The second-order valence-electron chi connectivity index (χ2n) is 3.73. The van der Waals surface area contributed by atoms with Crippen molar-refractivity contribution in [3.8, 4) is 11.1 Å². The van der Waals surface area contributed by atoms with Gasteiger partial charge in [0.05, 0.1) is 7.11 Å². The predicted molar refractivity (Wildman–Crippen MR) is 77.8 cm³/mol. The Hall–Kier alpha value is -2.49. The van der Waals surface area contributed by atoms with Crippen molar-refractivity contribution in [2.24, 2.45) is 0 Å². The molecule has 0 aliphatic heterocycles. The van der Waals surface area contributed by atoms with Crippen molar-refractivity contribution in [3.63, 3.8) is 0 Å². The summed E-state index contributed by atoms with van der Waals surface area (Å²) >= 11 is 0. The number of ether oxygens (including phenoxy) is 1. The number of carbonyl (C=O) groups excluding carboxylic acids is 1. The van der Waals surface area contributed by atoms with Crippen LogP contribution in [0.2, 0.25) is 0 Å². The quantitative estimate of drug-likeness (QED) is 0.773. The van der Waals surface area contributed by atoms with E-state index in [0.717, 1.165) is 5.69 Å². The lowest BCUT2D eigenvalue weighted by Crippen LogP contribution is -2.16. The van der Waals surface area contributed by atoms with Crippen LogP contribution in [0.5, 0.6) is 0 Å². The maximum Gasteiger partial charge on any atom is 0.406 e. The molecule has 19 heavy (non-hydrogen) atoms. The van der Waals surface area contributed by atoms with E-state index in [2.05, 4.69) is 22.2 Å². The molecule has 2 aromatic rings. The summed E-state index contributed by atoms with van der Waals surface area (Å²) < 4.78 is 4.15. The third-order valence-corrected chi connectivity index (χ3v) is 2.41.